The maximum Gasteiger partial charge on any atom is 0.243 e. The summed E-state index contributed by atoms with van der Waals surface area (Å²) in [5, 5.41) is 0. The predicted octanol–water partition coefficient (Wildman–Crippen LogP) is 1.03. The fourth-order valence-electron chi connectivity index (χ4n) is 2.44. The highest BCUT2D eigenvalue weighted by atomic mass is 32.2. The van der Waals surface area contributed by atoms with E-state index in [1.807, 2.05) is 21.0 Å². The number of likely N-dealkylation sites (N-methyl/N-ethyl adjacent to an activating group) is 1. The predicted molar refractivity (Wildman–Crippen MR) is 79.9 cm³/mol. The van der Waals surface area contributed by atoms with Crippen LogP contribution in [0.5, 0.6) is 0 Å². The minimum atomic E-state index is -3.38. The smallest absolute Gasteiger partial charge is 0.243 e. The van der Waals surface area contributed by atoms with Gasteiger partial charge in [-0.1, -0.05) is 12.1 Å². The lowest BCUT2D eigenvalue weighted by molar-refractivity contribution is 0.302. The van der Waals surface area contributed by atoms with E-state index in [0.717, 1.165) is 12.0 Å². The Morgan fingerprint density at radius 3 is 2.35 bits per heavy atom. The first kappa shape index (κ1) is 15.4. The number of rotatable bonds is 4. The molecule has 1 heterocycles. The first-order chi connectivity index (χ1) is 9.32. The van der Waals surface area contributed by atoms with Crippen molar-refractivity contribution >= 4 is 10.0 Å². The zero-order chi connectivity index (χ0) is 14.9. The van der Waals surface area contributed by atoms with Crippen molar-refractivity contribution < 1.29 is 8.42 Å². The molecule has 2 unspecified atom stereocenters. The van der Waals surface area contributed by atoms with Gasteiger partial charge in [0, 0.05) is 25.2 Å². The molecule has 0 saturated carbocycles. The van der Waals surface area contributed by atoms with Gasteiger partial charge in [-0.15, -0.1) is 0 Å². The number of hydrogen-bond acceptors (Lipinski definition) is 4. The second-order valence-electron chi connectivity index (χ2n) is 5.63. The first-order valence-corrected chi connectivity index (χ1v) is 8.28. The fourth-order valence-corrected chi connectivity index (χ4v) is 3.94. The molecule has 1 saturated heterocycles. The van der Waals surface area contributed by atoms with E-state index in [9.17, 15) is 8.42 Å². The number of nitrogens with two attached hydrogens (primary N) is 1. The van der Waals surface area contributed by atoms with Crippen LogP contribution in [0.4, 0.5) is 0 Å². The molecule has 1 aliphatic rings. The normalized spacial score (nSPS) is 22.4. The fraction of sp³-hybridized carbons (Fsp3) is 0.571. The second kappa shape index (κ2) is 5.81. The molecule has 1 aromatic rings. The van der Waals surface area contributed by atoms with Gasteiger partial charge in [0.25, 0.3) is 0 Å². The molecule has 1 fully saturated rings. The Morgan fingerprint density at radius 1 is 1.30 bits per heavy atom. The van der Waals surface area contributed by atoms with E-state index < -0.39 is 10.0 Å². The van der Waals surface area contributed by atoms with Gasteiger partial charge in [0.2, 0.25) is 10.0 Å². The van der Waals surface area contributed by atoms with E-state index in [1.165, 1.54) is 0 Å². The molecular formula is C14H23N3O2S. The van der Waals surface area contributed by atoms with E-state index in [2.05, 4.69) is 4.90 Å². The van der Waals surface area contributed by atoms with Crippen molar-refractivity contribution in [2.24, 2.45) is 5.73 Å². The summed E-state index contributed by atoms with van der Waals surface area (Å²) in [7, 11) is 0.587. The van der Waals surface area contributed by atoms with Crippen molar-refractivity contribution in [2.75, 3.05) is 27.2 Å². The molecular weight excluding hydrogens is 274 g/mol. The molecule has 0 aromatic heterocycles. The van der Waals surface area contributed by atoms with E-state index in [4.69, 9.17) is 5.73 Å². The average molecular weight is 297 g/mol. The van der Waals surface area contributed by atoms with Crippen LogP contribution in [-0.4, -0.2) is 50.8 Å². The molecule has 6 heteroatoms. The summed E-state index contributed by atoms with van der Waals surface area (Å²) in [6, 6.07) is 7.09. The van der Waals surface area contributed by atoms with E-state index in [1.54, 1.807) is 28.6 Å². The van der Waals surface area contributed by atoms with Crippen LogP contribution in [0.15, 0.2) is 29.2 Å². The largest absolute Gasteiger partial charge is 0.324 e. The molecule has 0 aliphatic carbocycles. The van der Waals surface area contributed by atoms with Crippen molar-refractivity contribution in [3.05, 3.63) is 29.8 Å². The number of nitrogens with zero attached hydrogens (tertiary/aromatic N) is 2. The summed E-state index contributed by atoms with van der Waals surface area (Å²) in [4.78, 5) is 2.43. The van der Waals surface area contributed by atoms with Crippen molar-refractivity contribution in [3.63, 3.8) is 0 Å². The Bertz CT molecular complexity index is 552. The minimum absolute atomic E-state index is 0.0864. The highest BCUT2D eigenvalue weighted by Crippen LogP contribution is 2.23. The second-order valence-corrected chi connectivity index (χ2v) is 7.56. The lowest BCUT2D eigenvalue weighted by Gasteiger charge is -2.20. The van der Waals surface area contributed by atoms with Crippen LogP contribution in [0.1, 0.15) is 24.9 Å². The molecule has 1 aromatic carbocycles. The molecule has 0 radical (unpaired) electrons. The molecule has 2 rings (SSSR count). The van der Waals surface area contributed by atoms with Gasteiger partial charge in [0.1, 0.15) is 0 Å². The third-order valence-electron chi connectivity index (χ3n) is 3.90. The van der Waals surface area contributed by atoms with Crippen molar-refractivity contribution in [1.29, 1.82) is 0 Å². The van der Waals surface area contributed by atoms with Gasteiger partial charge in [-0.3, -0.25) is 0 Å². The third-order valence-corrected chi connectivity index (χ3v) is 5.78. The van der Waals surface area contributed by atoms with Gasteiger partial charge in [-0.2, -0.15) is 4.31 Å². The Kier molecular flexibility index (Phi) is 4.49. The van der Waals surface area contributed by atoms with Crippen LogP contribution in [0, 0.1) is 0 Å². The van der Waals surface area contributed by atoms with Gasteiger partial charge in [0.15, 0.2) is 0 Å². The number of benzene rings is 1. The summed E-state index contributed by atoms with van der Waals surface area (Å²) >= 11 is 0. The van der Waals surface area contributed by atoms with E-state index in [0.29, 0.717) is 24.0 Å². The maximum atomic E-state index is 12.6. The zero-order valence-corrected chi connectivity index (χ0v) is 13.1. The summed E-state index contributed by atoms with van der Waals surface area (Å²) in [5.74, 6) is 0. The van der Waals surface area contributed by atoms with Crippen LogP contribution in [0.2, 0.25) is 0 Å². The lowest BCUT2D eigenvalue weighted by Crippen LogP contribution is -2.34. The molecule has 2 N–H and O–H groups in total. The standard InChI is InChI=1S/C14H23N3O2S/c1-11(15)12-4-6-14(7-5-12)20(18,19)17-9-8-13(10-17)16(2)3/h4-7,11,13H,8-10,15H2,1-3H3. The first-order valence-electron chi connectivity index (χ1n) is 6.84. The maximum absolute atomic E-state index is 12.6. The summed E-state index contributed by atoms with van der Waals surface area (Å²) in [6.45, 7) is 3.02. The Morgan fingerprint density at radius 2 is 1.90 bits per heavy atom. The van der Waals surface area contributed by atoms with Gasteiger partial charge in [-0.05, 0) is 45.1 Å². The molecule has 1 aliphatic heterocycles. The SMILES string of the molecule is CC(N)c1ccc(S(=O)(=O)N2CCC(N(C)C)C2)cc1. The van der Waals surface area contributed by atoms with Crippen LogP contribution >= 0.6 is 0 Å². The monoisotopic (exact) mass is 297 g/mol. The quantitative estimate of drug-likeness (QED) is 0.901. The van der Waals surface area contributed by atoms with Crippen LogP contribution < -0.4 is 5.73 Å². The van der Waals surface area contributed by atoms with Gasteiger partial charge < -0.3 is 10.6 Å². The van der Waals surface area contributed by atoms with Crippen molar-refractivity contribution in [2.45, 2.75) is 30.3 Å². The number of sulfonamides is 1. The van der Waals surface area contributed by atoms with Gasteiger partial charge in [-0.25, -0.2) is 8.42 Å². The summed E-state index contributed by atoms with van der Waals surface area (Å²) < 4.78 is 26.7. The Balaban J connectivity index is 2.19. The van der Waals surface area contributed by atoms with Gasteiger partial charge >= 0.3 is 0 Å². The molecule has 2 atom stereocenters. The third kappa shape index (κ3) is 3.03. The van der Waals surface area contributed by atoms with Gasteiger partial charge in [0.05, 0.1) is 4.90 Å². The molecule has 0 amide bonds. The van der Waals surface area contributed by atoms with Crippen molar-refractivity contribution in [3.8, 4) is 0 Å². The van der Waals surface area contributed by atoms with Crippen LogP contribution in [-0.2, 0) is 10.0 Å². The van der Waals surface area contributed by atoms with E-state index >= 15 is 0 Å². The highest BCUT2D eigenvalue weighted by Gasteiger charge is 2.33. The lowest BCUT2D eigenvalue weighted by atomic mass is 10.1. The molecule has 20 heavy (non-hydrogen) atoms. The Labute approximate surface area is 121 Å². The Hall–Kier alpha value is -0.950. The topological polar surface area (TPSA) is 66.6 Å². The summed E-state index contributed by atoms with van der Waals surface area (Å²) in [6.07, 6.45) is 0.879. The van der Waals surface area contributed by atoms with E-state index in [-0.39, 0.29) is 6.04 Å². The summed E-state index contributed by atoms with van der Waals surface area (Å²) in [5.41, 5.74) is 6.72. The van der Waals surface area contributed by atoms with Crippen molar-refractivity contribution in [1.82, 2.24) is 9.21 Å². The number of hydrogen-bond donors (Lipinski definition) is 1. The minimum Gasteiger partial charge on any atom is -0.324 e. The average Bonchev–Trinajstić information content (AvgIpc) is 2.89. The zero-order valence-electron chi connectivity index (χ0n) is 12.3. The molecule has 0 bridgehead atoms. The molecule has 0 spiro atoms. The highest BCUT2D eigenvalue weighted by molar-refractivity contribution is 7.89. The molecule has 112 valence electrons. The molecule has 5 nitrogen and oxygen atoms in total. The van der Waals surface area contributed by atoms with Crippen LogP contribution in [0.25, 0.3) is 0 Å². The van der Waals surface area contributed by atoms with Crippen LogP contribution in [0.3, 0.4) is 0 Å².